The van der Waals surface area contributed by atoms with Crippen molar-refractivity contribution in [1.82, 2.24) is 5.32 Å². The van der Waals surface area contributed by atoms with E-state index in [1.165, 1.54) is 7.11 Å². The summed E-state index contributed by atoms with van der Waals surface area (Å²) < 4.78 is 15.4. The van der Waals surface area contributed by atoms with Crippen LogP contribution in [0.25, 0.3) is 0 Å². The average molecular weight is 426 g/mol. The summed E-state index contributed by atoms with van der Waals surface area (Å²) in [5.41, 5.74) is 1.91. The van der Waals surface area contributed by atoms with E-state index in [9.17, 15) is 14.7 Å². The molecule has 3 atom stereocenters. The molecule has 2 unspecified atom stereocenters. The molecule has 164 valence electrons. The van der Waals surface area contributed by atoms with Crippen molar-refractivity contribution in [2.45, 2.75) is 37.6 Å². The number of amides is 1. The first-order valence-electron chi connectivity index (χ1n) is 10.0. The van der Waals surface area contributed by atoms with Crippen molar-refractivity contribution in [3.8, 4) is 0 Å². The van der Waals surface area contributed by atoms with E-state index < -0.39 is 30.3 Å². The van der Waals surface area contributed by atoms with Gasteiger partial charge in [0.1, 0.15) is 19.3 Å². The Bertz CT molecular complexity index is 887. The maximum Gasteiger partial charge on any atom is 0.407 e. The normalized spacial score (nSPS) is 17.1. The molecule has 1 aliphatic heterocycles. The smallest absolute Gasteiger partial charge is 0.407 e. The number of hydrogen-bond acceptors (Lipinski definition) is 7. The minimum absolute atomic E-state index is 0.00294. The molecule has 3 rings (SSSR count). The summed E-state index contributed by atoms with van der Waals surface area (Å²) in [6, 6.07) is 17.4. The molecular weight excluding hydrogens is 400 g/mol. The Morgan fingerprint density at radius 1 is 1.13 bits per heavy atom. The van der Waals surface area contributed by atoms with Gasteiger partial charge in [-0.3, -0.25) is 0 Å². The molecule has 0 saturated heterocycles. The van der Waals surface area contributed by atoms with Gasteiger partial charge in [-0.2, -0.15) is 0 Å². The molecule has 0 saturated carbocycles. The SMILES string of the molecule is COC(=O)C1COC(C(O)[C@H](CCc2ccccc2)NC(=O)OCc2ccccc2)=N1. The van der Waals surface area contributed by atoms with Gasteiger partial charge in [0.25, 0.3) is 0 Å². The number of nitrogens with one attached hydrogen (secondary N) is 1. The Kier molecular flexibility index (Phi) is 8.00. The number of carbonyl (C=O) groups is 2. The lowest BCUT2D eigenvalue weighted by molar-refractivity contribution is -0.142. The number of nitrogens with zero attached hydrogens (tertiary/aromatic N) is 1. The fourth-order valence-corrected chi connectivity index (χ4v) is 3.18. The zero-order valence-corrected chi connectivity index (χ0v) is 17.3. The first kappa shape index (κ1) is 22.3. The maximum absolute atomic E-state index is 12.4. The van der Waals surface area contributed by atoms with E-state index in [2.05, 4.69) is 15.0 Å². The minimum atomic E-state index is -1.23. The summed E-state index contributed by atoms with van der Waals surface area (Å²) >= 11 is 0. The molecule has 0 fully saturated rings. The summed E-state index contributed by atoms with van der Waals surface area (Å²) in [6.45, 7) is 0.0962. The van der Waals surface area contributed by atoms with Crippen molar-refractivity contribution < 1.29 is 28.9 Å². The molecule has 8 heteroatoms. The van der Waals surface area contributed by atoms with E-state index in [0.29, 0.717) is 12.8 Å². The second-order valence-corrected chi connectivity index (χ2v) is 7.10. The van der Waals surface area contributed by atoms with Gasteiger partial charge in [0, 0.05) is 0 Å². The zero-order valence-electron chi connectivity index (χ0n) is 17.3. The molecule has 0 radical (unpaired) electrons. The van der Waals surface area contributed by atoms with Gasteiger partial charge in [-0.25, -0.2) is 14.6 Å². The van der Waals surface area contributed by atoms with Crippen LogP contribution in [0.4, 0.5) is 4.79 Å². The Hall–Kier alpha value is -3.39. The fraction of sp³-hybridized carbons (Fsp3) is 0.348. The largest absolute Gasteiger partial charge is 0.476 e. The van der Waals surface area contributed by atoms with Crippen LogP contribution >= 0.6 is 0 Å². The van der Waals surface area contributed by atoms with Crippen LogP contribution in [0.3, 0.4) is 0 Å². The third-order valence-electron chi connectivity index (χ3n) is 4.88. The van der Waals surface area contributed by atoms with Crippen LogP contribution in [0.1, 0.15) is 17.5 Å². The number of benzene rings is 2. The monoisotopic (exact) mass is 426 g/mol. The highest BCUT2D eigenvalue weighted by atomic mass is 16.6. The van der Waals surface area contributed by atoms with Gasteiger partial charge in [-0.05, 0) is 24.0 Å². The Morgan fingerprint density at radius 2 is 1.77 bits per heavy atom. The molecule has 8 nitrogen and oxygen atoms in total. The third-order valence-corrected chi connectivity index (χ3v) is 4.88. The summed E-state index contributed by atoms with van der Waals surface area (Å²) in [7, 11) is 1.26. The number of alkyl carbamates (subject to hydrolysis) is 1. The van der Waals surface area contributed by atoms with Crippen LogP contribution in [0.2, 0.25) is 0 Å². The van der Waals surface area contributed by atoms with Gasteiger partial charge in [0.05, 0.1) is 13.2 Å². The molecular formula is C23H26N2O6. The van der Waals surface area contributed by atoms with Gasteiger partial charge < -0.3 is 24.6 Å². The van der Waals surface area contributed by atoms with Crippen LogP contribution in [-0.2, 0) is 32.0 Å². The molecule has 1 heterocycles. The maximum atomic E-state index is 12.4. The Morgan fingerprint density at radius 3 is 2.42 bits per heavy atom. The van der Waals surface area contributed by atoms with Crippen LogP contribution in [-0.4, -0.2) is 55.0 Å². The van der Waals surface area contributed by atoms with Gasteiger partial charge in [-0.1, -0.05) is 60.7 Å². The van der Waals surface area contributed by atoms with E-state index in [0.717, 1.165) is 11.1 Å². The summed E-state index contributed by atoms with van der Waals surface area (Å²) in [5, 5.41) is 13.5. The van der Waals surface area contributed by atoms with Crippen molar-refractivity contribution >= 4 is 18.0 Å². The van der Waals surface area contributed by atoms with E-state index in [4.69, 9.17) is 9.47 Å². The lowest BCUT2D eigenvalue weighted by Crippen LogP contribution is -2.47. The molecule has 1 aliphatic rings. The molecule has 1 amide bonds. The Balaban J connectivity index is 1.65. The number of methoxy groups -OCH3 is 1. The van der Waals surface area contributed by atoms with Crippen LogP contribution in [0.5, 0.6) is 0 Å². The number of aliphatic hydroxyl groups excluding tert-OH is 1. The second kappa shape index (κ2) is 11.1. The van der Waals surface area contributed by atoms with Crippen LogP contribution in [0.15, 0.2) is 65.7 Å². The molecule has 2 aromatic carbocycles. The topological polar surface area (TPSA) is 106 Å². The van der Waals surface area contributed by atoms with Crippen molar-refractivity contribution in [1.29, 1.82) is 0 Å². The van der Waals surface area contributed by atoms with Crippen molar-refractivity contribution in [3.63, 3.8) is 0 Å². The average Bonchev–Trinajstić information content (AvgIpc) is 3.31. The molecule has 0 spiro atoms. The summed E-state index contributed by atoms with van der Waals surface area (Å²) in [6.07, 6.45) is -0.877. The van der Waals surface area contributed by atoms with Gasteiger partial charge in [-0.15, -0.1) is 0 Å². The predicted molar refractivity (Wildman–Crippen MR) is 114 cm³/mol. The number of ether oxygens (including phenoxy) is 3. The number of hydrogen-bond donors (Lipinski definition) is 2. The number of esters is 1. The zero-order chi connectivity index (χ0) is 22.1. The highest BCUT2D eigenvalue weighted by Crippen LogP contribution is 2.15. The van der Waals surface area contributed by atoms with Crippen LogP contribution < -0.4 is 5.32 Å². The van der Waals surface area contributed by atoms with E-state index in [1.54, 1.807) is 0 Å². The van der Waals surface area contributed by atoms with E-state index in [-0.39, 0.29) is 19.1 Å². The number of aliphatic imine (C=N–C) groups is 1. The molecule has 2 N–H and O–H groups in total. The summed E-state index contributed by atoms with van der Waals surface area (Å²) in [4.78, 5) is 28.2. The van der Waals surface area contributed by atoms with Crippen molar-refractivity contribution in [2.75, 3.05) is 13.7 Å². The fourth-order valence-electron chi connectivity index (χ4n) is 3.18. The minimum Gasteiger partial charge on any atom is -0.476 e. The summed E-state index contributed by atoms with van der Waals surface area (Å²) in [5.74, 6) is -0.546. The van der Waals surface area contributed by atoms with E-state index in [1.807, 2.05) is 60.7 Å². The van der Waals surface area contributed by atoms with Crippen molar-refractivity contribution in [3.05, 3.63) is 71.8 Å². The number of carbonyl (C=O) groups excluding carboxylic acids is 2. The standard InChI is InChI=1S/C23H26N2O6/c1-29-22(27)19-15-30-21(24-19)20(26)18(13-12-16-8-4-2-5-9-16)25-23(28)31-14-17-10-6-3-7-11-17/h2-11,18-20,26H,12-15H2,1H3,(H,25,28)/t18-,19?,20?/m0/s1. The number of aryl methyl sites for hydroxylation is 1. The quantitative estimate of drug-likeness (QED) is 0.596. The first-order chi connectivity index (χ1) is 15.1. The third kappa shape index (κ3) is 6.55. The molecule has 0 aromatic heterocycles. The first-order valence-corrected chi connectivity index (χ1v) is 10.0. The molecule has 0 aliphatic carbocycles. The number of aliphatic hydroxyl groups is 1. The van der Waals surface area contributed by atoms with Gasteiger partial charge in [0.2, 0.25) is 5.90 Å². The highest BCUT2D eigenvalue weighted by Gasteiger charge is 2.34. The van der Waals surface area contributed by atoms with E-state index >= 15 is 0 Å². The molecule has 31 heavy (non-hydrogen) atoms. The lowest BCUT2D eigenvalue weighted by Gasteiger charge is -2.23. The molecule has 2 aromatic rings. The van der Waals surface area contributed by atoms with Crippen LogP contribution in [0, 0.1) is 0 Å². The number of rotatable bonds is 9. The van der Waals surface area contributed by atoms with Crippen molar-refractivity contribution in [2.24, 2.45) is 4.99 Å². The second-order valence-electron chi connectivity index (χ2n) is 7.10. The predicted octanol–water partition coefficient (Wildman–Crippen LogP) is 2.25. The lowest BCUT2D eigenvalue weighted by atomic mass is 10.0. The van der Waals surface area contributed by atoms with Gasteiger partial charge in [0.15, 0.2) is 6.04 Å². The van der Waals surface area contributed by atoms with Gasteiger partial charge >= 0.3 is 12.1 Å². The Labute approximate surface area is 180 Å². The highest BCUT2D eigenvalue weighted by molar-refractivity contribution is 5.88. The molecule has 0 bridgehead atoms.